The van der Waals surface area contributed by atoms with Crippen molar-refractivity contribution in [3.63, 3.8) is 0 Å². The smallest absolute Gasteiger partial charge is 0.293 e. The van der Waals surface area contributed by atoms with Crippen molar-refractivity contribution < 1.29 is 23.8 Å². The number of thioether (sulfide) groups is 1. The van der Waals surface area contributed by atoms with Gasteiger partial charge in [-0.15, -0.1) is 0 Å². The third-order valence-corrected chi connectivity index (χ3v) is 7.20. The molecule has 0 radical (unpaired) electrons. The van der Waals surface area contributed by atoms with Crippen LogP contribution in [0.4, 0.5) is 4.79 Å². The fourth-order valence-corrected chi connectivity index (χ4v) is 5.13. The lowest BCUT2D eigenvalue weighted by Gasteiger charge is -2.15. The van der Waals surface area contributed by atoms with Crippen molar-refractivity contribution in [1.82, 2.24) is 4.90 Å². The highest BCUT2D eigenvalue weighted by Crippen LogP contribution is 2.38. The zero-order valence-corrected chi connectivity index (χ0v) is 22.1. The van der Waals surface area contributed by atoms with Gasteiger partial charge in [-0.3, -0.25) is 14.5 Å². The number of hydrogen-bond donors (Lipinski definition) is 0. The highest BCUT2D eigenvalue weighted by molar-refractivity contribution is 8.18. The molecule has 8 heteroatoms. The second kappa shape index (κ2) is 11.6. The highest BCUT2D eigenvalue weighted by atomic mass is 35.5. The molecule has 6 nitrogen and oxygen atoms in total. The van der Waals surface area contributed by atoms with E-state index < -0.39 is 0 Å². The maximum absolute atomic E-state index is 13.1. The summed E-state index contributed by atoms with van der Waals surface area (Å²) in [6.07, 6.45) is 1.67. The van der Waals surface area contributed by atoms with Gasteiger partial charge < -0.3 is 14.2 Å². The third kappa shape index (κ3) is 5.64. The Morgan fingerprint density at radius 3 is 2.47 bits per heavy atom. The fraction of sp³-hybridized carbons (Fsp3) is 0.133. The minimum absolute atomic E-state index is 0.132. The van der Waals surface area contributed by atoms with Crippen LogP contribution in [-0.4, -0.2) is 36.3 Å². The Kier molecular flexibility index (Phi) is 7.86. The Balaban J connectivity index is 1.33. The fourth-order valence-electron chi connectivity index (χ4n) is 4.15. The number of carbonyl (C=O) groups excluding carboxylic acids is 2. The first-order valence-electron chi connectivity index (χ1n) is 11.9. The minimum Gasteiger partial charge on any atom is -0.493 e. The van der Waals surface area contributed by atoms with E-state index in [-0.39, 0.29) is 24.3 Å². The van der Waals surface area contributed by atoms with Crippen molar-refractivity contribution in [2.24, 2.45) is 0 Å². The van der Waals surface area contributed by atoms with Crippen LogP contribution >= 0.6 is 23.4 Å². The number of methoxy groups -OCH3 is 1. The van der Waals surface area contributed by atoms with E-state index >= 15 is 0 Å². The molecule has 5 rings (SSSR count). The number of amides is 2. The van der Waals surface area contributed by atoms with Crippen LogP contribution < -0.4 is 14.2 Å². The van der Waals surface area contributed by atoms with Gasteiger partial charge in [0.25, 0.3) is 11.1 Å². The van der Waals surface area contributed by atoms with E-state index in [1.807, 2.05) is 36.4 Å². The van der Waals surface area contributed by atoms with E-state index in [9.17, 15) is 9.59 Å². The number of ether oxygens (including phenoxy) is 3. The molecule has 0 aromatic heterocycles. The Hall–Kier alpha value is -3.94. The molecule has 4 aromatic rings. The maximum Gasteiger partial charge on any atom is 0.293 e. The van der Waals surface area contributed by atoms with Crippen LogP contribution in [0.3, 0.4) is 0 Å². The molecular weight excluding hydrogens is 522 g/mol. The topological polar surface area (TPSA) is 65.1 Å². The summed E-state index contributed by atoms with van der Waals surface area (Å²) in [4.78, 5) is 27.2. The zero-order chi connectivity index (χ0) is 26.5. The van der Waals surface area contributed by atoms with Crippen LogP contribution in [0.5, 0.6) is 17.2 Å². The van der Waals surface area contributed by atoms with Gasteiger partial charge in [0.2, 0.25) is 0 Å². The average Bonchev–Trinajstić information content (AvgIpc) is 3.20. The van der Waals surface area contributed by atoms with Crippen molar-refractivity contribution in [3.8, 4) is 17.2 Å². The molecule has 0 unspecified atom stereocenters. The van der Waals surface area contributed by atoms with Gasteiger partial charge in [-0.25, -0.2) is 0 Å². The van der Waals surface area contributed by atoms with Gasteiger partial charge in [-0.1, -0.05) is 66.2 Å². The number of rotatable bonds is 9. The van der Waals surface area contributed by atoms with Crippen molar-refractivity contribution in [2.75, 3.05) is 20.3 Å². The number of benzene rings is 4. The molecule has 0 aliphatic carbocycles. The highest BCUT2D eigenvalue weighted by Gasteiger charge is 2.35. The van der Waals surface area contributed by atoms with E-state index in [4.69, 9.17) is 25.8 Å². The standard InChI is InChI=1S/C30H24ClNO5S/c1-35-26-11-5-8-21(28(26)37-19-22-9-4-7-20-6-2-3-10-25(20)22)18-27-29(33)32(30(34)38-27)16-17-36-24-14-12-23(31)13-15-24/h2-15,18H,16-17,19H2,1H3/b27-18-. The number of para-hydroxylation sites is 1. The predicted molar refractivity (Wildman–Crippen MR) is 151 cm³/mol. The molecule has 0 atom stereocenters. The second-order valence-corrected chi connectivity index (χ2v) is 9.87. The van der Waals surface area contributed by atoms with E-state index in [2.05, 4.69) is 18.2 Å². The molecule has 0 saturated carbocycles. The molecule has 38 heavy (non-hydrogen) atoms. The number of halogens is 1. The first-order valence-corrected chi connectivity index (χ1v) is 13.1. The van der Waals surface area contributed by atoms with Crippen molar-refractivity contribution in [1.29, 1.82) is 0 Å². The van der Waals surface area contributed by atoms with Crippen molar-refractivity contribution >= 4 is 51.4 Å². The molecule has 2 amide bonds. The Morgan fingerprint density at radius 2 is 1.66 bits per heavy atom. The average molecular weight is 546 g/mol. The predicted octanol–water partition coefficient (Wildman–Crippen LogP) is 7.20. The maximum atomic E-state index is 13.1. The van der Waals surface area contributed by atoms with Gasteiger partial charge in [-0.2, -0.15) is 0 Å². The Bertz CT molecular complexity index is 1510. The largest absolute Gasteiger partial charge is 0.493 e. The Labute approximate surface area is 229 Å². The van der Waals surface area contributed by atoms with E-state index in [1.165, 1.54) is 4.90 Å². The van der Waals surface area contributed by atoms with Gasteiger partial charge in [-0.05, 0) is 64.5 Å². The number of fused-ring (bicyclic) bond motifs is 1. The number of nitrogens with zero attached hydrogens (tertiary/aromatic N) is 1. The lowest BCUT2D eigenvalue weighted by Crippen LogP contribution is -2.32. The Morgan fingerprint density at radius 1 is 0.895 bits per heavy atom. The van der Waals surface area contributed by atoms with Gasteiger partial charge in [0.1, 0.15) is 19.0 Å². The van der Waals surface area contributed by atoms with Crippen LogP contribution in [0.1, 0.15) is 11.1 Å². The summed E-state index contributed by atoms with van der Waals surface area (Å²) in [5.41, 5.74) is 1.67. The summed E-state index contributed by atoms with van der Waals surface area (Å²) in [6.45, 7) is 0.616. The molecule has 1 aliphatic heterocycles. The minimum atomic E-state index is -0.373. The number of imide groups is 1. The molecule has 4 aromatic carbocycles. The monoisotopic (exact) mass is 545 g/mol. The van der Waals surface area contributed by atoms with Crippen LogP contribution in [0.15, 0.2) is 89.8 Å². The molecule has 1 fully saturated rings. The van der Waals surface area contributed by atoms with E-state index in [1.54, 1.807) is 43.5 Å². The summed E-state index contributed by atoms with van der Waals surface area (Å²) in [5.74, 6) is 1.28. The quantitative estimate of drug-likeness (QED) is 0.207. The van der Waals surface area contributed by atoms with E-state index in [0.717, 1.165) is 28.1 Å². The van der Waals surface area contributed by atoms with Crippen LogP contribution in [-0.2, 0) is 11.4 Å². The van der Waals surface area contributed by atoms with E-state index in [0.29, 0.717) is 39.3 Å². The van der Waals surface area contributed by atoms with Gasteiger partial charge in [0, 0.05) is 10.6 Å². The summed E-state index contributed by atoms with van der Waals surface area (Å²) in [7, 11) is 1.57. The summed E-state index contributed by atoms with van der Waals surface area (Å²) in [5, 5.41) is 2.49. The molecule has 0 bridgehead atoms. The summed E-state index contributed by atoms with van der Waals surface area (Å²) in [6, 6.07) is 26.6. The second-order valence-electron chi connectivity index (χ2n) is 8.44. The first-order chi connectivity index (χ1) is 18.5. The number of carbonyl (C=O) groups is 2. The SMILES string of the molecule is COc1cccc(/C=C2\SC(=O)N(CCOc3ccc(Cl)cc3)C2=O)c1OCc1cccc2ccccc12. The molecule has 1 aliphatic rings. The van der Waals surface area contributed by atoms with Crippen LogP contribution in [0, 0.1) is 0 Å². The molecule has 1 heterocycles. The number of hydrogen-bond acceptors (Lipinski definition) is 6. The summed E-state index contributed by atoms with van der Waals surface area (Å²) >= 11 is 6.79. The lowest BCUT2D eigenvalue weighted by molar-refractivity contribution is -0.123. The third-order valence-electron chi connectivity index (χ3n) is 6.04. The molecule has 0 spiro atoms. The molecule has 1 saturated heterocycles. The van der Waals surface area contributed by atoms with Crippen molar-refractivity contribution in [2.45, 2.75) is 6.61 Å². The molecule has 0 N–H and O–H groups in total. The molecular formula is C30H24ClNO5S. The van der Waals surface area contributed by atoms with Crippen LogP contribution in [0.25, 0.3) is 16.8 Å². The lowest BCUT2D eigenvalue weighted by atomic mass is 10.1. The molecule has 192 valence electrons. The normalized spacial score (nSPS) is 14.4. The van der Waals surface area contributed by atoms with Crippen LogP contribution in [0.2, 0.25) is 5.02 Å². The van der Waals surface area contributed by atoms with Crippen molar-refractivity contribution in [3.05, 3.63) is 106 Å². The zero-order valence-electron chi connectivity index (χ0n) is 20.6. The van der Waals surface area contributed by atoms with Gasteiger partial charge in [0.05, 0.1) is 18.6 Å². The van der Waals surface area contributed by atoms with Gasteiger partial charge >= 0.3 is 0 Å². The van der Waals surface area contributed by atoms with Gasteiger partial charge in [0.15, 0.2) is 11.5 Å². The first kappa shape index (κ1) is 25.7. The summed E-state index contributed by atoms with van der Waals surface area (Å²) < 4.78 is 17.5.